The molecule has 0 radical (unpaired) electrons. The summed E-state index contributed by atoms with van der Waals surface area (Å²) in [5.41, 5.74) is 2.06. The minimum atomic E-state index is -0.260. The van der Waals surface area contributed by atoms with Crippen LogP contribution in [-0.2, 0) is 4.79 Å². The maximum atomic E-state index is 12.5. The normalized spacial score (nSPS) is 13.5. The van der Waals surface area contributed by atoms with Crippen molar-refractivity contribution in [3.05, 3.63) is 64.6 Å². The quantitative estimate of drug-likeness (QED) is 0.868. The molecule has 4 heteroatoms. The van der Waals surface area contributed by atoms with Crippen LogP contribution in [0.4, 0.5) is 5.69 Å². The van der Waals surface area contributed by atoms with Crippen LogP contribution in [0, 0.1) is 0 Å². The van der Waals surface area contributed by atoms with Gasteiger partial charge in [-0.15, -0.1) is 0 Å². The summed E-state index contributed by atoms with van der Waals surface area (Å²) in [4.78, 5) is 14.2. The number of para-hydroxylation sites is 1. The average molecular weight is 361 g/mol. The van der Waals surface area contributed by atoms with Gasteiger partial charge >= 0.3 is 0 Å². The third kappa shape index (κ3) is 4.18. The molecule has 2 aromatic carbocycles. The van der Waals surface area contributed by atoms with Gasteiger partial charge in [0.05, 0.1) is 6.04 Å². The zero-order valence-corrected chi connectivity index (χ0v) is 14.7. The Balaban J connectivity index is 2.00. The number of amides is 1. The van der Waals surface area contributed by atoms with Gasteiger partial charge in [-0.2, -0.15) is 0 Å². The number of benzene rings is 2. The van der Waals surface area contributed by atoms with E-state index in [0.717, 1.165) is 15.7 Å². The van der Waals surface area contributed by atoms with Gasteiger partial charge in [-0.25, -0.2) is 0 Å². The summed E-state index contributed by atoms with van der Waals surface area (Å²) in [6.07, 6.45) is 0. The van der Waals surface area contributed by atoms with Crippen LogP contribution in [0.1, 0.15) is 25.5 Å². The molecule has 2 aromatic rings. The molecule has 0 aromatic heterocycles. The molecule has 22 heavy (non-hydrogen) atoms. The van der Waals surface area contributed by atoms with Gasteiger partial charge in [-0.05, 0) is 43.7 Å². The number of carbonyl (C=O) groups is 1. The highest BCUT2D eigenvalue weighted by atomic mass is 79.9. The Morgan fingerprint density at radius 2 is 1.64 bits per heavy atom. The molecule has 3 nitrogen and oxygen atoms in total. The second kappa shape index (κ2) is 7.56. The van der Waals surface area contributed by atoms with Crippen molar-refractivity contribution in [1.29, 1.82) is 0 Å². The summed E-state index contributed by atoms with van der Waals surface area (Å²) in [5.74, 6) is 0.0511. The Bertz CT molecular complexity index is 613. The minimum absolute atomic E-state index is 0.0511. The molecule has 0 aliphatic rings. The van der Waals surface area contributed by atoms with Crippen LogP contribution in [0.15, 0.2) is 59.1 Å². The van der Waals surface area contributed by atoms with Gasteiger partial charge in [-0.1, -0.05) is 46.3 Å². The van der Waals surface area contributed by atoms with E-state index in [1.165, 1.54) is 0 Å². The molecule has 0 unspecified atom stereocenters. The van der Waals surface area contributed by atoms with Crippen LogP contribution in [0.25, 0.3) is 0 Å². The van der Waals surface area contributed by atoms with E-state index in [1.807, 2.05) is 49.4 Å². The first kappa shape index (κ1) is 16.7. The largest absolute Gasteiger partial charge is 0.314 e. The van der Waals surface area contributed by atoms with E-state index in [9.17, 15) is 4.79 Å². The summed E-state index contributed by atoms with van der Waals surface area (Å²) in [7, 11) is 1.81. The SMILES string of the molecule is C[C@H](N[C@@H](C)c1ccc(Br)cc1)C(=O)N(C)c1ccccc1. The summed E-state index contributed by atoms with van der Waals surface area (Å²) < 4.78 is 1.05. The van der Waals surface area contributed by atoms with E-state index in [2.05, 4.69) is 40.3 Å². The van der Waals surface area contributed by atoms with Gasteiger partial charge in [0.25, 0.3) is 0 Å². The number of nitrogens with one attached hydrogen (secondary N) is 1. The van der Waals surface area contributed by atoms with E-state index >= 15 is 0 Å². The third-order valence-corrected chi connectivity index (χ3v) is 4.24. The van der Waals surface area contributed by atoms with Gasteiger partial charge < -0.3 is 4.90 Å². The second-order valence-corrected chi connectivity index (χ2v) is 6.31. The van der Waals surface area contributed by atoms with Crippen molar-refractivity contribution in [1.82, 2.24) is 5.32 Å². The van der Waals surface area contributed by atoms with Gasteiger partial charge in [0.15, 0.2) is 0 Å². The maximum Gasteiger partial charge on any atom is 0.243 e. The smallest absolute Gasteiger partial charge is 0.243 e. The number of anilines is 1. The summed E-state index contributed by atoms with van der Waals surface area (Å²) in [5, 5.41) is 3.36. The molecular weight excluding hydrogens is 340 g/mol. The predicted octanol–water partition coefficient (Wildman–Crippen LogP) is 4.15. The first-order valence-corrected chi connectivity index (χ1v) is 8.12. The molecule has 0 bridgehead atoms. The van der Waals surface area contributed by atoms with Crippen molar-refractivity contribution < 1.29 is 4.79 Å². The first-order valence-electron chi connectivity index (χ1n) is 7.33. The molecule has 0 fully saturated rings. The molecular formula is C18H21BrN2O. The predicted molar refractivity (Wildman–Crippen MR) is 95.0 cm³/mol. The molecule has 0 heterocycles. The number of carbonyl (C=O) groups excluding carboxylic acids is 1. The number of rotatable bonds is 5. The Morgan fingerprint density at radius 3 is 2.23 bits per heavy atom. The highest BCUT2D eigenvalue weighted by molar-refractivity contribution is 9.10. The molecule has 1 N–H and O–H groups in total. The Morgan fingerprint density at radius 1 is 1.05 bits per heavy atom. The standard InChI is InChI=1S/C18H21BrN2O/c1-13(15-9-11-16(19)12-10-15)20-14(2)18(22)21(3)17-7-5-4-6-8-17/h4-14,20H,1-3H3/t13-,14-/m0/s1. The first-order chi connectivity index (χ1) is 10.5. The van der Waals surface area contributed by atoms with Crippen LogP contribution in [0.3, 0.4) is 0 Å². The third-order valence-electron chi connectivity index (χ3n) is 3.71. The summed E-state index contributed by atoms with van der Waals surface area (Å²) >= 11 is 3.43. The molecule has 0 aliphatic heterocycles. The molecule has 0 saturated heterocycles. The van der Waals surface area contributed by atoms with Crippen molar-refractivity contribution in [3.63, 3.8) is 0 Å². The number of hydrogen-bond donors (Lipinski definition) is 1. The number of likely N-dealkylation sites (N-methyl/N-ethyl adjacent to an activating group) is 1. The number of nitrogens with zero attached hydrogens (tertiary/aromatic N) is 1. The molecule has 2 atom stereocenters. The van der Waals surface area contributed by atoms with E-state index in [4.69, 9.17) is 0 Å². The fourth-order valence-electron chi connectivity index (χ4n) is 2.36. The molecule has 0 spiro atoms. The molecule has 0 aliphatic carbocycles. The van der Waals surface area contributed by atoms with Crippen LogP contribution >= 0.6 is 15.9 Å². The zero-order chi connectivity index (χ0) is 16.1. The minimum Gasteiger partial charge on any atom is -0.314 e. The Labute approximate surface area is 140 Å². The molecule has 0 saturated carbocycles. The topological polar surface area (TPSA) is 32.3 Å². The maximum absolute atomic E-state index is 12.5. The fraction of sp³-hybridized carbons (Fsp3) is 0.278. The Kier molecular flexibility index (Phi) is 5.75. The van der Waals surface area contributed by atoms with Crippen molar-refractivity contribution in [2.45, 2.75) is 25.9 Å². The lowest BCUT2D eigenvalue weighted by molar-refractivity contribution is -0.120. The monoisotopic (exact) mass is 360 g/mol. The van der Waals surface area contributed by atoms with Gasteiger partial charge in [0.1, 0.15) is 0 Å². The second-order valence-electron chi connectivity index (χ2n) is 5.39. The highest BCUT2D eigenvalue weighted by Gasteiger charge is 2.20. The Hall–Kier alpha value is -1.65. The highest BCUT2D eigenvalue weighted by Crippen LogP contribution is 2.18. The van der Waals surface area contributed by atoms with Crippen molar-refractivity contribution in [2.75, 3.05) is 11.9 Å². The van der Waals surface area contributed by atoms with Crippen LogP contribution in [0.2, 0.25) is 0 Å². The van der Waals surface area contributed by atoms with Gasteiger partial charge in [-0.3, -0.25) is 10.1 Å². The van der Waals surface area contributed by atoms with Crippen LogP contribution in [-0.4, -0.2) is 19.0 Å². The number of hydrogen-bond acceptors (Lipinski definition) is 2. The summed E-state index contributed by atoms with van der Waals surface area (Å²) in [6, 6.07) is 17.7. The molecule has 116 valence electrons. The van der Waals surface area contributed by atoms with E-state index in [1.54, 1.807) is 11.9 Å². The summed E-state index contributed by atoms with van der Waals surface area (Å²) in [6.45, 7) is 3.96. The van der Waals surface area contributed by atoms with Gasteiger partial charge in [0, 0.05) is 23.2 Å². The van der Waals surface area contributed by atoms with Crippen LogP contribution in [0.5, 0.6) is 0 Å². The lowest BCUT2D eigenvalue weighted by atomic mass is 10.1. The molecule has 2 rings (SSSR count). The van der Waals surface area contributed by atoms with Crippen molar-refractivity contribution in [2.24, 2.45) is 0 Å². The van der Waals surface area contributed by atoms with Crippen LogP contribution < -0.4 is 10.2 Å². The lowest BCUT2D eigenvalue weighted by Gasteiger charge is -2.25. The zero-order valence-electron chi connectivity index (χ0n) is 13.1. The van der Waals surface area contributed by atoms with E-state index in [0.29, 0.717) is 0 Å². The lowest BCUT2D eigenvalue weighted by Crippen LogP contribution is -2.44. The fourth-order valence-corrected chi connectivity index (χ4v) is 2.63. The number of halogens is 1. The van der Waals surface area contributed by atoms with E-state index in [-0.39, 0.29) is 18.0 Å². The molecule has 1 amide bonds. The van der Waals surface area contributed by atoms with E-state index < -0.39 is 0 Å². The van der Waals surface area contributed by atoms with Crippen molar-refractivity contribution >= 4 is 27.5 Å². The van der Waals surface area contributed by atoms with Gasteiger partial charge in [0.2, 0.25) is 5.91 Å². The van der Waals surface area contributed by atoms with Crippen molar-refractivity contribution in [3.8, 4) is 0 Å². The average Bonchev–Trinajstić information content (AvgIpc) is 2.54.